The van der Waals surface area contributed by atoms with Crippen LogP contribution in [0.25, 0.3) is 0 Å². The average Bonchev–Trinajstić information content (AvgIpc) is 2.53. The van der Waals surface area contributed by atoms with E-state index in [2.05, 4.69) is 5.10 Å². The summed E-state index contributed by atoms with van der Waals surface area (Å²) >= 11 is 0. The van der Waals surface area contributed by atoms with Gasteiger partial charge in [0.05, 0.1) is 19.0 Å². The Morgan fingerprint density at radius 2 is 2.38 bits per heavy atom. The molecule has 0 saturated carbocycles. The van der Waals surface area contributed by atoms with Gasteiger partial charge in [-0.15, -0.1) is 0 Å². The highest BCUT2D eigenvalue weighted by Gasteiger charge is 2.07. The lowest BCUT2D eigenvalue weighted by atomic mass is 10.5. The SMILES string of the molecule is NCCCOc1cnn(C(F)F)c1. The van der Waals surface area contributed by atoms with Crippen LogP contribution in [0.15, 0.2) is 12.4 Å². The van der Waals surface area contributed by atoms with E-state index in [9.17, 15) is 8.78 Å². The van der Waals surface area contributed by atoms with Crippen molar-refractivity contribution in [2.75, 3.05) is 13.2 Å². The summed E-state index contributed by atoms with van der Waals surface area (Å²) in [5.41, 5.74) is 5.23. The number of hydrogen-bond donors (Lipinski definition) is 1. The molecule has 0 bridgehead atoms. The Morgan fingerprint density at radius 1 is 1.62 bits per heavy atom. The first-order chi connectivity index (χ1) is 6.24. The highest BCUT2D eigenvalue weighted by molar-refractivity contribution is 5.11. The van der Waals surface area contributed by atoms with Crippen molar-refractivity contribution < 1.29 is 13.5 Å². The first kappa shape index (κ1) is 9.91. The Morgan fingerprint density at radius 3 is 2.92 bits per heavy atom. The van der Waals surface area contributed by atoms with E-state index in [0.29, 0.717) is 30.0 Å². The largest absolute Gasteiger partial charge is 0.490 e. The minimum Gasteiger partial charge on any atom is -0.490 e. The van der Waals surface area contributed by atoms with E-state index in [0.717, 1.165) is 6.20 Å². The molecule has 0 saturated heterocycles. The maximum Gasteiger partial charge on any atom is 0.333 e. The second-order valence-corrected chi connectivity index (χ2v) is 2.42. The van der Waals surface area contributed by atoms with Gasteiger partial charge < -0.3 is 10.5 Å². The fourth-order valence-corrected chi connectivity index (χ4v) is 0.775. The maximum absolute atomic E-state index is 12.0. The van der Waals surface area contributed by atoms with Crippen LogP contribution in [0, 0.1) is 0 Å². The van der Waals surface area contributed by atoms with Crippen LogP contribution in [0.5, 0.6) is 5.75 Å². The Bertz CT molecular complexity index is 252. The summed E-state index contributed by atoms with van der Waals surface area (Å²) in [5, 5.41) is 3.40. The Labute approximate surface area is 74.3 Å². The molecule has 13 heavy (non-hydrogen) atoms. The van der Waals surface area contributed by atoms with E-state index in [4.69, 9.17) is 10.5 Å². The van der Waals surface area contributed by atoms with Crippen molar-refractivity contribution in [3.8, 4) is 5.75 Å². The van der Waals surface area contributed by atoms with Gasteiger partial charge in [0, 0.05) is 0 Å². The Balaban J connectivity index is 2.40. The smallest absolute Gasteiger partial charge is 0.333 e. The van der Waals surface area contributed by atoms with Crippen molar-refractivity contribution in [1.29, 1.82) is 0 Å². The molecular formula is C7H11F2N3O. The second-order valence-electron chi connectivity index (χ2n) is 2.42. The fourth-order valence-electron chi connectivity index (χ4n) is 0.775. The van der Waals surface area contributed by atoms with Crippen LogP contribution in [0.2, 0.25) is 0 Å². The molecule has 0 aliphatic carbocycles. The van der Waals surface area contributed by atoms with Crippen LogP contribution >= 0.6 is 0 Å². The monoisotopic (exact) mass is 191 g/mol. The molecule has 1 aromatic heterocycles. The van der Waals surface area contributed by atoms with Gasteiger partial charge in [-0.25, -0.2) is 4.68 Å². The van der Waals surface area contributed by atoms with Crippen LogP contribution < -0.4 is 10.5 Å². The average molecular weight is 191 g/mol. The molecule has 0 spiro atoms. The topological polar surface area (TPSA) is 53.1 Å². The normalized spacial score (nSPS) is 10.8. The molecule has 0 amide bonds. The zero-order valence-electron chi connectivity index (χ0n) is 6.99. The lowest BCUT2D eigenvalue weighted by Gasteiger charge is -2.00. The van der Waals surface area contributed by atoms with E-state index in [1.165, 1.54) is 6.20 Å². The lowest BCUT2D eigenvalue weighted by molar-refractivity contribution is 0.0563. The number of halogens is 2. The summed E-state index contributed by atoms with van der Waals surface area (Å²) < 4.78 is 29.6. The van der Waals surface area contributed by atoms with Gasteiger partial charge in [-0.2, -0.15) is 13.9 Å². The number of nitrogens with zero attached hydrogens (tertiary/aromatic N) is 2. The van der Waals surface area contributed by atoms with Gasteiger partial charge in [-0.1, -0.05) is 0 Å². The third-order valence-corrected chi connectivity index (χ3v) is 1.39. The lowest BCUT2D eigenvalue weighted by Crippen LogP contribution is -2.05. The van der Waals surface area contributed by atoms with Crippen LogP contribution in [0.3, 0.4) is 0 Å². The quantitative estimate of drug-likeness (QED) is 0.706. The van der Waals surface area contributed by atoms with Gasteiger partial charge in [0.25, 0.3) is 0 Å². The minimum atomic E-state index is -2.62. The second kappa shape index (κ2) is 4.76. The predicted molar refractivity (Wildman–Crippen MR) is 42.6 cm³/mol. The number of hydrogen-bond acceptors (Lipinski definition) is 3. The summed E-state index contributed by atoms with van der Waals surface area (Å²) in [7, 11) is 0. The van der Waals surface area contributed by atoms with Gasteiger partial charge in [-0.3, -0.25) is 0 Å². The minimum absolute atomic E-state index is 0.341. The zero-order chi connectivity index (χ0) is 9.68. The van der Waals surface area contributed by atoms with Crippen molar-refractivity contribution in [2.45, 2.75) is 13.0 Å². The van der Waals surface area contributed by atoms with E-state index < -0.39 is 6.55 Å². The first-order valence-electron chi connectivity index (χ1n) is 3.89. The third-order valence-electron chi connectivity index (χ3n) is 1.39. The van der Waals surface area contributed by atoms with Gasteiger partial charge in [0.2, 0.25) is 0 Å². The fraction of sp³-hybridized carbons (Fsp3) is 0.571. The van der Waals surface area contributed by atoms with E-state index in [1.54, 1.807) is 0 Å². The van der Waals surface area contributed by atoms with Crippen molar-refractivity contribution in [3.05, 3.63) is 12.4 Å². The van der Waals surface area contributed by atoms with E-state index in [1.807, 2.05) is 0 Å². The third kappa shape index (κ3) is 2.98. The Kier molecular flexibility index (Phi) is 3.63. The Hall–Kier alpha value is -1.17. The molecule has 0 radical (unpaired) electrons. The van der Waals surface area contributed by atoms with Crippen LogP contribution in [-0.2, 0) is 0 Å². The molecule has 0 atom stereocenters. The molecule has 74 valence electrons. The van der Waals surface area contributed by atoms with Crippen LogP contribution in [0.1, 0.15) is 13.0 Å². The van der Waals surface area contributed by atoms with Gasteiger partial charge in [0.15, 0.2) is 5.75 Å². The predicted octanol–water partition coefficient (Wildman–Crippen LogP) is 1.01. The number of nitrogens with two attached hydrogens (primary N) is 1. The van der Waals surface area contributed by atoms with Crippen molar-refractivity contribution in [3.63, 3.8) is 0 Å². The molecular weight excluding hydrogens is 180 g/mol. The van der Waals surface area contributed by atoms with Gasteiger partial charge in [-0.05, 0) is 13.0 Å². The van der Waals surface area contributed by atoms with Gasteiger partial charge >= 0.3 is 6.55 Å². The van der Waals surface area contributed by atoms with Gasteiger partial charge in [0.1, 0.15) is 0 Å². The highest BCUT2D eigenvalue weighted by atomic mass is 19.3. The highest BCUT2D eigenvalue weighted by Crippen LogP contribution is 2.14. The molecule has 0 fully saturated rings. The summed E-state index contributed by atoms with van der Waals surface area (Å²) in [6.45, 7) is -1.68. The molecule has 0 aliphatic rings. The molecule has 0 aliphatic heterocycles. The molecule has 1 rings (SSSR count). The number of aromatic nitrogens is 2. The molecule has 4 nitrogen and oxygen atoms in total. The van der Waals surface area contributed by atoms with Crippen molar-refractivity contribution >= 4 is 0 Å². The number of rotatable bonds is 5. The summed E-state index contributed by atoms with van der Waals surface area (Å²) in [6, 6.07) is 0. The zero-order valence-corrected chi connectivity index (χ0v) is 6.99. The summed E-state index contributed by atoms with van der Waals surface area (Å²) in [4.78, 5) is 0. The summed E-state index contributed by atoms with van der Waals surface area (Å²) in [5.74, 6) is 0.341. The molecule has 6 heteroatoms. The summed E-state index contributed by atoms with van der Waals surface area (Å²) in [6.07, 6.45) is 3.10. The standard InChI is InChI=1S/C7H11F2N3O/c8-7(9)12-5-6(4-11-12)13-3-1-2-10/h4-5,7H,1-3,10H2. The van der Waals surface area contributed by atoms with Crippen molar-refractivity contribution in [2.24, 2.45) is 5.73 Å². The maximum atomic E-state index is 12.0. The number of alkyl halides is 2. The van der Waals surface area contributed by atoms with Crippen molar-refractivity contribution in [1.82, 2.24) is 9.78 Å². The van der Waals surface area contributed by atoms with Crippen LogP contribution in [0.4, 0.5) is 8.78 Å². The van der Waals surface area contributed by atoms with E-state index >= 15 is 0 Å². The molecule has 0 aromatic carbocycles. The molecule has 2 N–H and O–H groups in total. The van der Waals surface area contributed by atoms with E-state index in [-0.39, 0.29) is 0 Å². The molecule has 0 unspecified atom stereocenters. The van der Waals surface area contributed by atoms with Crippen LogP contribution in [-0.4, -0.2) is 22.9 Å². The molecule has 1 heterocycles. The first-order valence-corrected chi connectivity index (χ1v) is 3.89. The molecule has 1 aromatic rings. The number of ether oxygens (including phenoxy) is 1.